The summed E-state index contributed by atoms with van der Waals surface area (Å²) >= 11 is 1.80. The van der Waals surface area contributed by atoms with Gasteiger partial charge in [0.2, 0.25) is 0 Å². The Balaban J connectivity index is 1.75. The normalized spacial score (nSPS) is 27.0. The average Bonchev–Trinajstić information content (AvgIpc) is 2.86. The van der Waals surface area contributed by atoms with Gasteiger partial charge in [0.15, 0.2) is 10.8 Å². The number of thioether (sulfide) groups is 1. The van der Waals surface area contributed by atoms with Gasteiger partial charge < -0.3 is 5.73 Å². The molecule has 1 fully saturated rings. The number of fused-ring (bicyclic) bond motifs is 1. The fraction of sp³-hybridized carbons (Fsp3) is 0.600. The van der Waals surface area contributed by atoms with Crippen LogP contribution in [-0.2, 0) is 0 Å². The molecule has 1 aliphatic rings. The Morgan fingerprint density at radius 1 is 1.35 bits per heavy atom. The lowest BCUT2D eigenvalue weighted by Gasteiger charge is -2.33. The number of rotatable bonds is 4. The maximum atomic E-state index is 6.32. The van der Waals surface area contributed by atoms with E-state index in [1.54, 1.807) is 11.8 Å². The zero-order valence-electron chi connectivity index (χ0n) is 11.9. The van der Waals surface area contributed by atoms with Crippen LogP contribution in [0.25, 0.3) is 5.65 Å². The monoisotopic (exact) mass is 290 g/mol. The molecule has 2 N–H and O–H groups in total. The summed E-state index contributed by atoms with van der Waals surface area (Å²) in [5.74, 6) is 0.830. The molecule has 2 aromatic heterocycles. The summed E-state index contributed by atoms with van der Waals surface area (Å²) < 4.78 is 2.06. The minimum atomic E-state index is 0.282. The van der Waals surface area contributed by atoms with Gasteiger partial charge in [-0.3, -0.25) is 4.40 Å². The molecule has 0 spiro atoms. The third-order valence-corrected chi connectivity index (χ3v) is 5.52. The Labute approximate surface area is 124 Å². The molecule has 20 heavy (non-hydrogen) atoms. The summed E-state index contributed by atoms with van der Waals surface area (Å²) in [7, 11) is 0. The minimum absolute atomic E-state index is 0.282. The fourth-order valence-electron chi connectivity index (χ4n) is 3.08. The molecule has 2 heterocycles. The van der Waals surface area contributed by atoms with Gasteiger partial charge in [-0.1, -0.05) is 37.6 Å². The topological polar surface area (TPSA) is 56.2 Å². The Morgan fingerprint density at radius 2 is 2.25 bits per heavy atom. The van der Waals surface area contributed by atoms with Crippen LogP contribution in [0.1, 0.15) is 39.0 Å². The van der Waals surface area contributed by atoms with E-state index < -0.39 is 0 Å². The third kappa shape index (κ3) is 2.83. The summed E-state index contributed by atoms with van der Waals surface area (Å²) in [5, 5.41) is 9.97. The van der Waals surface area contributed by atoms with Crippen molar-refractivity contribution in [1.29, 1.82) is 0 Å². The first-order valence-corrected chi connectivity index (χ1v) is 8.38. The van der Waals surface area contributed by atoms with Crippen LogP contribution < -0.4 is 5.73 Å². The first-order chi connectivity index (χ1) is 9.78. The van der Waals surface area contributed by atoms with Gasteiger partial charge in [0.05, 0.1) is 0 Å². The molecule has 1 saturated carbocycles. The smallest absolute Gasteiger partial charge is 0.195 e. The van der Waals surface area contributed by atoms with Crippen molar-refractivity contribution in [1.82, 2.24) is 14.6 Å². The van der Waals surface area contributed by atoms with E-state index in [1.165, 1.54) is 25.7 Å². The lowest BCUT2D eigenvalue weighted by atomic mass is 9.83. The highest BCUT2D eigenvalue weighted by molar-refractivity contribution is 7.99. The summed E-state index contributed by atoms with van der Waals surface area (Å²) in [6.45, 7) is 2.27. The summed E-state index contributed by atoms with van der Waals surface area (Å²) in [6, 6.07) is 6.27. The number of nitrogens with zero attached hydrogens (tertiary/aromatic N) is 3. The van der Waals surface area contributed by atoms with Crippen molar-refractivity contribution in [3.63, 3.8) is 0 Å². The number of aromatic nitrogens is 3. The molecule has 0 saturated heterocycles. The molecule has 108 valence electrons. The van der Waals surface area contributed by atoms with Crippen molar-refractivity contribution in [2.45, 2.75) is 55.5 Å². The van der Waals surface area contributed by atoms with Crippen molar-refractivity contribution in [2.24, 2.45) is 11.7 Å². The molecule has 0 aliphatic heterocycles. The lowest BCUT2D eigenvalue weighted by molar-refractivity contribution is 0.316. The van der Waals surface area contributed by atoms with Gasteiger partial charge in [-0.15, -0.1) is 10.2 Å². The van der Waals surface area contributed by atoms with Crippen LogP contribution in [0.5, 0.6) is 0 Å². The highest BCUT2D eigenvalue weighted by Gasteiger charge is 2.29. The predicted octanol–water partition coefficient (Wildman–Crippen LogP) is 3.12. The SMILES string of the molecule is CCCC1CCC(N)C(Sc2nnc3ccccn23)C1. The highest BCUT2D eigenvalue weighted by atomic mass is 32.2. The fourth-order valence-corrected chi connectivity index (χ4v) is 4.38. The Bertz CT molecular complexity index is 568. The molecule has 1 aliphatic carbocycles. The molecule has 5 heteroatoms. The van der Waals surface area contributed by atoms with Crippen molar-refractivity contribution < 1.29 is 0 Å². The van der Waals surface area contributed by atoms with E-state index in [1.807, 2.05) is 24.4 Å². The van der Waals surface area contributed by atoms with Gasteiger partial charge in [-0.05, 0) is 37.3 Å². The van der Waals surface area contributed by atoms with E-state index in [9.17, 15) is 0 Å². The molecule has 0 amide bonds. The maximum absolute atomic E-state index is 6.32. The van der Waals surface area contributed by atoms with Crippen LogP contribution in [0, 0.1) is 5.92 Å². The van der Waals surface area contributed by atoms with Gasteiger partial charge in [0.25, 0.3) is 0 Å². The molecular formula is C15H22N4S. The van der Waals surface area contributed by atoms with Crippen molar-refractivity contribution in [3.05, 3.63) is 24.4 Å². The minimum Gasteiger partial charge on any atom is -0.327 e. The first-order valence-electron chi connectivity index (χ1n) is 7.50. The van der Waals surface area contributed by atoms with Gasteiger partial charge in [0.1, 0.15) is 0 Å². The van der Waals surface area contributed by atoms with E-state index in [-0.39, 0.29) is 6.04 Å². The molecule has 3 unspecified atom stereocenters. The molecule has 0 bridgehead atoms. The van der Waals surface area contributed by atoms with Crippen molar-refractivity contribution >= 4 is 17.4 Å². The van der Waals surface area contributed by atoms with Gasteiger partial charge in [-0.25, -0.2) is 0 Å². The second kappa shape index (κ2) is 6.14. The highest BCUT2D eigenvalue weighted by Crippen LogP contribution is 2.36. The second-order valence-corrected chi connectivity index (χ2v) is 6.91. The van der Waals surface area contributed by atoms with Crippen LogP contribution in [0.2, 0.25) is 0 Å². The standard InChI is InChI=1S/C15H22N4S/c1-2-5-11-7-8-12(16)13(10-11)20-15-18-17-14-6-3-4-9-19(14)15/h3-4,6,9,11-13H,2,5,7-8,10,16H2,1H3. The van der Waals surface area contributed by atoms with Crippen LogP contribution in [0.3, 0.4) is 0 Å². The summed E-state index contributed by atoms with van der Waals surface area (Å²) in [6.07, 6.45) is 8.25. The predicted molar refractivity (Wildman–Crippen MR) is 82.9 cm³/mol. The molecule has 0 radical (unpaired) electrons. The molecule has 3 atom stereocenters. The molecule has 2 aromatic rings. The van der Waals surface area contributed by atoms with E-state index in [0.29, 0.717) is 5.25 Å². The Morgan fingerprint density at radius 3 is 3.10 bits per heavy atom. The van der Waals surface area contributed by atoms with Crippen LogP contribution in [0.15, 0.2) is 29.6 Å². The van der Waals surface area contributed by atoms with Crippen molar-refractivity contribution in [3.8, 4) is 0 Å². The van der Waals surface area contributed by atoms with Crippen molar-refractivity contribution in [2.75, 3.05) is 0 Å². The van der Waals surface area contributed by atoms with E-state index in [2.05, 4.69) is 21.5 Å². The third-order valence-electron chi connectivity index (χ3n) is 4.19. The van der Waals surface area contributed by atoms with E-state index in [0.717, 1.165) is 23.1 Å². The second-order valence-electron chi connectivity index (χ2n) is 5.70. The molecule has 0 aromatic carbocycles. The van der Waals surface area contributed by atoms with Crippen LogP contribution in [0.4, 0.5) is 0 Å². The van der Waals surface area contributed by atoms with E-state index in [4.69, 9.17) is 5.73 Å². The number of pyridine rings is 1. The molecular weight excluding hydrogens is 268 g/mol. The number of nitrogens with two attached hydrogens (primary N) is 1. The first kappa shape index (κ1) is 13.9. The largest absolute Gasteiger partial charge is 0.327 e. The van der Waals surface area contributed by atoms with Gasteiger partial charge >= 0.3 is 0 Å². The molecule has 3 rings (SSSR count). The number of hydrogen-bond donors (Lipinski definition) is 1. The molecule has 4 nitrogen and oxygen atoms in total. The van der Waals surface area contributed by atoms with E-state index >= 15 is 0 Å². The lowest BCUT2D eigenvalue weighted by Crippen LogP contribution is -2.38. The summed E-state index contributed by atoms with van der Waals surface area (Å²) in [4.78, 5) is 0. The average molecular weight is 290 g/mol. The van der Waals surface area contributed by atoms with Crippen LogP contribution in [-0.4, -0.2) is 25.9 Å². The Hall–Kier alpha value is -1.07. The quantitative estimate of drug-likeness (QED) is 0.940. The van der Waals surface area contributed by atoms with Gasteiger partial charge in [0, 0.05) is 17.5 Å². The van der Waals surface area contributed by atoms with Crippen LogP contribution >= 0.6 is 11.8 Å². The summed E-state index contributed by atoms with van der Waals surface area (Å²) in [5.41, 5.74) is 7.23. The maximum Gasteiger partial charge on any atom is 0.195 e. The Kier molecular flexibility index (Phi) is 4.27. The zero-order valence-corrected chi connectivity index (χ0v) is 12.7. The van der Waals surface area contributed by atoms with Gasteiger partial charge in [-0.2, -0.15) is 0 Å². The zero-order chi connectivity index (χ0) is 13.9. The number of hydrogen-bond acceptors (Lipinski definition) is 4.